The number of nitrogens with one attached hydrogen (secondary N) is 1. The summed E-state index contributed by atoms with van der Waals surface area (Å²) in [4.78, 5) is 14.2. The monoisotopic (exact) mass is 232 g/mol. The fourth-order valence-corrected chi connectivity index (χ4v) is 2.74. The normalized spacial score (nSPS) is 27.2. The highest BCUT2D eigenvalue weighted by molar-refractivity contribution is 6.00. The van der Waals surface area contributed by atoms with Crippen molar-refractivity contribution in [2.45, 2.75) is 32.0 Å². The molecule has 0 aromatic heterocycles. The van der Waals surface area contributed by atoms with E-state index in [2.05, 4.69) is 5.32 Å². The Morgan fingerprint density at radius 2 is 2.29 bits per heavy atom. The van der Waals surface area contributed by atoms with E-state index in [0.717, 1.165) is 30.6 Å². The smallest absolute Gasteiger partial charge is 0.256 e. The van der Waals surface area contributed by atoms with Crippen molar-refractivity contribution in [3.05, 3.63) is 29.3 Å². The second-order valence-electron chi connectivity index (χ2n) is 4.85. The van der Waals surface area contributed by atoms with Gasteiger partial charge in [-0.3, -0.25) is 4.79 Å². The third kappa shape index (κ3) is 1.60. The molecule has 0 bridgehead atoms. The maximum absolute atomic E-state index is 12.4. The van der Waals surface area contributed by atoms with Gasteiger partial charge in [0, 0.05) is 12.2 Å². The lowest BCUT2D eigenvalue weighted by molar-refractivity contribution is 0.0581. The number of rotatable bonds is 0. The number of carbonyl (C=O) groups excluding carboxylic acids is 1. The maximum atomic E-state index is 12.4. The average molecular weight is 232 g/mol. The second-order valence-corrected chi connectivity index (χ2v) is 4.85. The minimum absolute atomic E-state index is 0.0373. The van der Waals surface area contributed by atoms with E-state index in [9.17, 15) is 9.90 Å². The molecule has 1 saturated heterocycles. The van der Waals surface area contributed by atoms with Gasteiger partial charge in [0.1, 0.15) is 6.23 Å². The van der Waals surface area contributed by atoms with E-state index in [1.54, 1.807) is 4.90 Å². The van der Waals surface area contributed by atoms with Crippen molar-refractivity contribution in [1.82, 2.24) is 4.90 Å². The number of amides is 1. The Bertz CT molecular complexity index is 472. The number of carbonyl (C=O) groups is 1. The highest BCUT2D eigenvalue weighted by Gasteiger charge is 2.38. The number of fused-ring (bicyclic) bond motifs is 2. The van der Waals surface area contributed by atoms with Gasteiger partial charge in [-0.1, -0.05) is 11.6 Å². The van der Waals surface area contributed by atoms with Gasteiger partial charge >= 0.3 is 0 Å². The molecule has 0 spiro atoms. The molecule has 4 heteroatoms. The molecule has 2 heterocycles. The van der Waals surface area contributed by atoms with E-state index in [4.69, 9.17) is 0 Å². The van der Waals surface area contributed by atoms with Gasteiger partial charge in [-0.25, -0.2) is 0 Å². The Morgan fingerprint density at radius 3 is 3.12 bits per heavy atom. The van der Waals surface area contributed by atoms with Gasteiger partial charge in [-0.15, -0.1) is 0 Å². The molecule has 1 amide bonds. The molecule has 90 valence electrons. The predicted octanol–water partition coefficient (Wildman–Crippen LogP) is 1.34. The molecule has 1 aromatic carbocycles. The number of aliphatic hydroxyl groups is 1. The third-order valence-corrected chi connectivity index (χ3v) is 3.63. The zero-order valence-electron chi connectivity index (χ0n) is 9.81. The van der Waals surface area contributed by atoms with Gasteiger partial charge in [0.25, 0.3) is 5.91 Å². The summed E-state index contributed by atoms with van der Waals surface area (Å²) < 4.78 is 0. The van der Waals surface area contributed by atoms with Crippen LogP contribution in [0.5, 0.6) is 0 Å². The zero-order valence-corrected chi connectivity index (χ0v) is 9.81. The Morgan fingerprint density at radius 1 is 1.47 bits per heavy atom. The predicted molar refractivity (Wildman–Crippen MR) is 64.9 cm³/mol. The fourth-order valence-electron chi connectivity index (χ4n) is 2.74. The molecule has 1 aromatic rings. The van der Waals surface area contributed by atoms with Gasteiger partial charge < -0.3 is 15.3 Å². The van der Waals surface area contributed by atoms with E-state index < -0.39 is 6.23 Å². The van der Waals surface area contributed by atoms with E-state index in [-0.39, 0.29) is 11.9 Å². The molecule has 0 radical (unpaired) electrons. The molecular formula is C13H16N2O2. The molecule has 2 N–H and O–H groups in total. The fraction of sp³-hybridized carbons (Fsp3) is 0.462. The van der Waals surface area contributed by atoms with E-state index in [1.165, 1.54) is 0 Å². The van der Waals surface area contributed by atoms with Crippen molar-refractivity contribution in [3.63, 3.8) is 0 Å². The Balaban J connectivity index is 2.09. The van der Waals surface area contributed by atoms with Crippen molar-refractivity contribution >= 4 is 11.6 Å². The molecule has 0 aliphatic carbocycles. The van der Waals surface area contributed by atoms with Crippen LogP contribution in [-0.2, 0) is 0 Å². The summed E-state index contributed by atoms with van der Waals surface area (Å²) in [7, 11) is 0. The first-order valence-corrected chi connectivity index (χ1v) is 6.03. The minimum Gasteiger partial charge on any atom is -0.372 e. The largest absolute Gasteiger partial charge is 0.372 e. The molecule has 0 unspecified atom stereocenters. The first-order chi connectivity index (χ1) is 8.16. The van der Waals surface area contributed by atoms with Crippen LogP contribution >= 0.6 is 0 Å². The summed E-state index contributed by atoms with van der Waals surface area (Å²) in [6.07, 6.45) is 1.17. The molecule has 3 rings (SSSR count). The van der Waals surface area contributed by atoms with Crippen LogP contribution in [0.2, 0.25) is 0 Å². The highest BCUT2D eigenvalue weighted by Crippen LogP contribution is 2.30. The summed E-state index contributed by atoms with van der Waals surface area (Å²) in [5.74, 6) is 0.0373. The Hall–Kier alpha value is -1.55. The molecule has 17 heavy (non-hydrogen) atoms. The van der Waals surface area contributed by atoms with Crippen molar-refractivity contribution < 1.29 is 9.90 Å². The summed E-state index contributed by atoms with van der Waals surface area (Å²) >= 11 is 0. The number of hydrogen-bond donors (Lipinski definition) is 2. The second kappa shape index (κ2) is 3.74. The summed E-state index contributed by atoms with van der Waals surface area (Å²) in [5.41, 5.74) is 2.47. The van der Waals surface area contributed by atoms with Gasteiger partial charge in [-0.2, -0.15) is 0 Å². The van der Waals surface area contributed by atoms with Crippen molar-refractivity contribution in [2.75, 3.05) is 11.9 Å². The first kappa shape index (κ1) is 10.6. The van der Waals surface area contributed by atoms with E-state index >= 15 is 0 Å². The molecule has 0 saturated carbocycles. The topological polar surface area (TPSA) is 52.6 Å². The number of aryl methyl sites for hydroxylation is 1. The van der Waals surface area contributed by atoms with Crippen LogP contribution in [0.1, 0.15) is 28.8 Å². The summed E-state index contributed by atoms with van der Waals surface area (Å²) in [5, 5.41) is 13.1. The molecule has 2 aliphatic heterocycles. The average Bonchev–Trinajstić information content (AvgIpc) is 2.76. The van der Waals surface area contributed by atoms with Gasteiger partial charge in [0.05, 0.1) is 11.6 Å². The lowest BCUT2D eigenvalue weighted by Gasteiger charge is -2.25. The number of anilines is 1. The lowest BCUT2D eigenvalue weighted by atomic mass is 10.1. The molecule has 2 atom stereocenters. The Kier molecular flexibility index (Phi) is 2.33. The zero-order chi connectivity index (χ0) is 12.0. The van der Waals surface area contributed by atoms with Crippen LogP contribution < -0.4 is 5.32 Å². The summed E-state index contributed by atoms with van der Waals surface area (Å²) in [6.45, 7) is 2.71. The van der Waals surface area contributed by atoms with Crippen LogP contribution in [0, 0.1) is 6.92 Å². The van der Waals surface area contributed by atoms with Crippen molar-refractivity contribution in [1.29, 1.82) is 0 Å². The Labute approximate surface area is 100 Å². The van der Waals surface area contributed by atoms with Crippen LogP contribution in [0.25, 0.3) is 0 Å². The SMILES string of the molecule is Cc1ccc2c(c1)C(=O)N1CCC[C@H]1[C@@H](O)N2. The van der Waals surface area contributed by atoms with E-state index in [0.29, 0.717) is 5.56 Å². The van der Waals surface area contributed by atoms with Crippen LogP contribution in [-0.4, -0.2) is 34.7 Å². The van der Waals surface area contributed by atoms with E-state index in [1.807, 2.05) is 25.1 Å². The highest BCUT2D eigenvalue weighted by atomic mass is 16.3. The number of benzene rings is 1. The molecule has 4 nitrogen and oxygen atoms in total. The lowest BCUT2D eigenvalue weighted by Crippen LogP contribution is -2.43. The summed E-state index contributed by atoms with van der Waals surface area (Å²) in [6, 6.07) is 5.61. The number of hydrogen-bond acceptors (Lipinski definition) is 3. The van der Waals surface area contributed by atoms with Crippen molar-refractivity contribution in [2.24, 2.45) is 0 Å². The van der Waals surface area contributed by atoms with Gasteiger partial charge in [-0.05, 0) is 31.9 Å². The molecule has 1 fully saturated rings. The minimum atomic E-state index is -0.662. The quantitative estimate of drug-likeness (QED) is 0.710. The van der Waals surface area contributed by atoms with Crippen LogP contribution in [0.4, 0.5) is 5.69 Å². The van der Waals surface area contributed by atoms with Gasteiger partial charge in [0.15, 0.2) is 0 Å². The van der Waals surface area contributed by atoms with Gasteiger partial charge in [0.2, 0.25) is 0 Å². The third-order valence-electron chi connectivity index (χ3n) is 3.63. The number of aliphatic hydroxyl groups excluding tert-OH is 1. The molecule has 2 aliphatic rings. The number of nitrogens with zero attached hydrogens (tertiary/aromatic N) is 1. The maximum Gasteiger partial charge on any atom is 0.256 e. The molecular weight excluding hydrogens is 216 g/mol. The standard InChI is InChI=1S/C13H16N2O2/c1-8-4-5-10-9(7-8)13(17)15-6-2-3-11(15)12(16)14-10/h4-5,7,11-12,14,16H,2-3,6H2,1H3/t11-,12+/m0/s1. The van der Waals surface area contributed by atoms with Crippen LogP contribution in [0.15, 0.2) is 18.2 Å². The van der Waals surface area contributed by atoms with Crippen LogP contribution in [0.3, 0.4) is 0 Å². The first-order valence-electron chi connectivity index (χ1n) is 6.03. The van der Waals surface area contributed by atoms with Crippen molar-refractivity contribution in [3.8, 4) is 0 Å².